The van der Waals surface area contributed by atoms with E-state index in [0.29, 0.717) is 5.39 Å². The van der Waals surface area contributed by atoms with Crippen molar-refractivity contribution >= 4 is 16.8 Å². The number of para-hydroxylation sites is 1. The van der Waals surface area contributed by atoms with Crippen molar-refractivity contribution in [3.05, 3.63) is 76.1 Å². The van der Waals surface area contributed by atoms with Gasteiger partial charge in [0.05, 0.1) is 18.7 Å². The van der Waals surface area contributed by atoms with Crippen molar-refractivity contribution in [3.8, 4) is 5.75 Å². The van der Waals surface area contributed by atoms with Gasteiger partial charge in [-0.3, -0.25) is 9.59 Å². The van der Waals surface area contributed by atoms with Gasteiger partial charge in [0.25, 0.3) is 5.91 Å². The highest BCUT2D eigenvalue weighted by Gasteiger charge is 2.17. The monoisotopic (exact) mass is 336 g/mol. The number of aryl methyl sites for hydroxylation is 1. The van der Waals surface area contributed by atoms with E-state index in [1.54, 1.807) is 30.0 Å². The number of rotatable bonds is 4. The molecule has 128 valence electrons. The molecule has 0 spiro atoms. The standard InChI is InChI=1S/C20H20N2O3/c1-13(14-8-10-15(25-3)11-9-14)21-20(24)17-12-22(2)18-7-5-4-6-16(18)19(17)23/h4-13H,1-3H3,(H,21,24)/t13-/m0/s1. The summed E-state index contributed by atoms with van der Waals surface area (Å²) < 4.78 is 6.93. The normalized spacial score (nSPS) is 12.0. The molecular formula is C20H20N2O3. The van der Waals surface area contributed by atoms with Crippen molar-refractivity contribution in [2.75, 3.05) is 7.11 Å². The molecule has 1 heterocycles. The van der Waals surface area contributed by atoms with E-state index in [1.807, 2.05) is 50.4 Å². The van der Waals surface area contributed by atoms with Crippen LogP contribution in [-0.2, 0) is 7.05 Å². The fraction of sp³-hybridized carbons (Fsp3) is 0.200. The Morgan fingerprint density at radius 1 is 1.12 bits per heavy atom. The number of nitrogens with one attached hydrogen (secondary N) is 1. The molecule has 0 saturated carbocycles. The Kier molecular flexibility index (Phi) is 4.57. The number of benzene rings is 2. The predicted octanol–water partition coefficient (Wildman–Crippen LogP) is 3.04. The topological polar surface area (TPSA) is 60.3 Å². The summed E-state index contributed by atoms with van der Waals surface area (Å²) in [7, 11) is 3.43. The lowest BCUT2D eigenvalue weighted by atomic mass is 10.1. The average molecular weight is 336 g/mol. The van der Waals surface area contributed by atoms with Crippen LogP contribution in [-0.4, -0.2) is 17.6 Å². The number of pyridine rings is 1. The molecule has 3 aromatic rings. The van der Waals surface area contributed by atoms with Crippen molar-refractivity contribution in [3.63, 3.8) is 0 Å². The zero-order valence-corrected chi connectivity index (χ0v) is 14.4. The van der Waals surface area contributed by atoms with E-state index >= 15 is 0 Å². The summed E-state index contributed by atoms with van der Waals surface area (Å²) in [4.78, 5) is 25.3. The van der Waals surface area contributed by atoms with E-state index in [-0.39, 0.29) is 22.9 Å². The molecule has 5 nitrogen and oxygen atoms in total. The lowest BCUT2D eigenvalue weighted by Crippen LogP contribution is -2.31. The SMILES string of the molecule is COc1ccc([C@H](C)NC(=O)c2cn(C)c3ccccc3c2=O)cc1. The molecule has 1 amide bonds. The first-order chi connectivity index (χ1) is 12.0. The molecular weight excluding hydrogens is 316 g/mol. The third-order valence-electron chi connectivity index (χ3n) is 4.30. The van der Waals surface area contributed by atoms with E-state index in [0.717, 1.165) is 16.8 Å². The maximum absolute atomic E-state index is 12.6. The Hall–Kier alpha value is -3.08. The van der Waals surface area contributed by atoms with Crippen LogP contribution in [0.5, 0.6) is 5.75 Å². The largest absolute Gasteiger partial charge is 0.497 e. The van der Waals surface area contributed by atoms with Crippen molar-refractivity contribution in [1.82, 2.24) is 9.88 Å². The highest BCUT2D eigenvalue weighted by atomic mass is 16.5. The second-order valence-electron chi connectivity index (χ2n) is 5.97. The van der Waals surface area contributed by atoms with Crippen LogP contribution in [0.25, 0.3) is 10.9 Å². The van der Waals surface area contributed by atoms with Gasteiger partial charge < -0.3 is 14.6 Å². The Bertz CT molecular complexity index is 974. The number of aromatic nitrogens is 1. The number of ether oxygens (including phenoxy) is 1. The quantitative estimate of drug-likeness (QED) is 0.797. The third kappa shape index (κ3) is 3.26. The number of carbonyl (C=O) groups is 1. The molecule has 0 fully saturated rings. The molecule has 0 bridgehead atoms. The first-order valence-corrected chi connectivity index (χ1v) is 8.04. The van der Waals surface area contributed by atoms with Crippen LogP contribution >= 0.6 is 0 Å². The van der Waals surface area contributed by atoms with Crippen LogP contribution in [0.15, 0.2) is 59.5 Å². The number of carbonyl (C=O) groups excluding carboxylic acids is 1. The molecule has 0 aliphatic rings. The fourth-order valence-electron chi connectivity index (χ4n) is 2.85. The minimum Gasteiger partial charge on any atom is -0.497 e. The lowest BCUT2D eigenvalue weighted by Gasteiger charge is -2.15. The van der Waals surface area contributed by atoms with E-state index in [1.165, 1.54) is 0 Å². The zero-order chi connectivity index (χ0) is 18.0. The molecule has 1 aromatic heterocycles. The van der Waals surface area contributed by atoms with Gasteiger partial charge in [-0.2, -0.15) is 0 Å². The smallest absolute Gasteiger partial charge is 0.257 e. The number of hydrogen-bond donors (Lipinski definition) is 1. The number of amides is 1. The van der Waals surface area contributed by atoms with Crippen LogP contribution in [0.4, 0.5) is 0 Å². The summed E-state index contributed by atoms with van der Waals surface area (Å²) in [6.45, 7) is 1.88. The second-order valence-corrected chi connectivity index (χ2v) is 5.97. The molecule has 0 unspecified atom stereocenters. The van der Waals surface area contributed by atoms with Crippen molar-refractivity contribution in [1.29, 1.82) is 0 Å². The Labute approximate surface area is 145 Å². The summed E-state index contributed by atoms with van der Waals surface area (Å²) in [6.07, 6.45) is 1.58. The van der Waals surface area contributed by atoms with Gasteiger partial charge in [0.2, 0.25) is 5.43 Å². The molecule has 5 heteroatoms. The molecule has 3 rings (SSSR count). The van der Waals surface area contributed by atoms with Gasteiger partial charge in [-0.1, -0.05) is 24.3 Å². The molecule has 1 N–H and O–H groups in total. The van der Waals surface area contributed by atoms with E-state index in [2.05, 4.69) is 5.32 Å². The minimum absolute atomic E-state index is 0.140. The third-order valence-corrected chi connectivity index (χ3v) is 4.30. The predicted molar refractivity (Wildman–Crippen MR) is 98.1 cm³/mol. The average Bonchev–Trinajstić information content (AvgIpc) is 2.64. The van der Waals surface area contributed by atoms with E-state index in [4.69, 9.17) is 4.74 Å². The van der Waals surface area contributed by atoms with Gasteiger partial charge in [0, 0.05) is 18.6 Å². The Balaban J connectivity index is 1.89. The number of fused-ring (bicyclic) bond motifs is 1. The van der Waals surface area contributed by atoms with Crippen LogP contribution < -0.4 is 15.5 Å². The minimum atomic E-state index is -0.380. The van der Waals surface area contributed by atoms with Gasteiger partial charge >= 0.3 is 0 Å². The summed E-state index contributed by atoms with van der Waals surface area (Å²) in [5, 5.41) is 3.43. The molecule has 2 aromatic carbocycles. The van der Waals surface area contributed by atoms with Crippen LogP contribution in [0.3, 0.4) is 0 Å². The summed E-state index contributed by atoms with van der Waals surface area (Å²) in [6, 6.07) is 14.5. The van der Waals surface area contributed by atoms with Crippen molar-refractivity contribution < 1.29 is 9.53 Å². The second kappa shape index (κ2) is 6.81. The maximum atomic E-state index is 12.6. The lowest BCUT2D eigenvalue weighted by molar-refractivity contribution is 0.0938. The van der Waals surface area contributed by atoms with Crippen LogP contribution in [0, 0.1) is 0 Å². The van der Waals surface area contributed by atoms with Gasteiger partial charge in [-0.15, -0.1) is 0 Å². The molecule has 25 heavy (non-hydrogen) atoms. The molecule has 0 aliphatic heterocycles. The van der Waals surface area contributed by atoms with E-state index < -0.39 is 0 Å². The van der Waals surface area contributed by atoms with Crippen molar-refractivity contribution in [2.45, 2.75) is 13.0 Å². The highest BCUT2D eigenvalue weighted by Crippen LogP contribution is 2.18. The summed E-state index contributed by atoms with van der Waals surface area (Å²) in [5.41, 5.74) is 1.62. The van der Waals surface area contributed by atoms with E-state index in [9.17, 15) is 9.59 Å². The van der Waals surface area contributed by atoms with Crippen LogP contribution in [0.2, 0.25) is 0 Å². The first kappa shape index (κ1) is 16.8. The zero-order valence-electron chi connectivity index (χ0n) is 14.4. The van der Waals surface area contributed by atoms with Crippen molar-refractivity contribution in [2.24, 2.45) is 7.05 Å². The molecule has 0 aliphatic carbocycles. The molecule has 0 saturated heterocycles. The Morgan fingerprint density at radius 2 is 1.80 bits per heavy atom. The molecule has 1 atom stereocenters. The van der Waals surface area contributed by atoms with Gasteiger partial charge in [-0.25, -0.2) is 0 Å². The first-order valence-electron chi connectivity index (χ1n) is 8.04. The maximum Gasteiger partial charge on any atom is 0.257 e. The highest BCUT2D eigenvalue weighted by molar-refractivity contribution is 5.97. The van der Waals surface area contributed by atoms with Gasteiger partial charge in [0.1, 0.15) is 11.3 Å². The number of methoxy groups -OCH3 is 1. The fourth-order valence-corrected chi connectivity index (χ4v) is 2.85. The summed E-state index contributed by atoms with van der Waals surface area (Å²) in [5.74, 6) is 0.375. The number of nitrogens with zero attached hydrogens (tertiary/aromatic N) is 1. The number of hydrogen-bond acceptors (Lipinski definition) is 3. The van der Waals surface area contributed by atoms with Crippen LogP contribution in [0.1, 0.15) is 28.9 Å². The summed E-state index contributed by atoms with van der Waals surface area (Å²) >= 11 is 0. The Morgan fingerprint density at radius 3 is 2.48 bits per heavy atom. The van der Waals surface area contributed by atoms with Gasteiger partial charge in [0.15, 0.2) is 0 Å². The molecule has 0 radical (unpaired) electrons. The van der Waals surface area contributed by atoms with Gasteiger partial charge in [-0.05, 0) is 36.8 Å².